The Hall–Kier alpha value is -3.86. The number of ketones is 2. The van der Waals surface area contributed by atoms with Gasteiger partial charge in [0, 0.05) is 24.2 Å². The summed E-state index contributed by atoms with van der Waals surface area (Å²) < 4.78 is 0. The van der Waals surface area contributed by atoms with Crippen molar-refractivity contribution < 1.29 is 30.0 Å². The number of alkyl halides is 1. The molecule has 2 aliphatic carbocycles. The Morgan fingerprint density at radius 1 is 0.632 bits per heavy atom. The normalized spacial score (nSPS) is 27.2. The van der Waals surface area contributed by atoms with Crippen LogP contribution in [0, 0.1) is 23.7 Å². The molecule has 0 spiro atoms. The first-order valence-corrected chi connectivity index (χ1v) is 21.5. The maximum Gasteiger partial charge on any atom is 0.179 e. The number of aryl methyl sites for hydroxylation is 2. The smallest absolute Gasteiger partial charge is 0.179 e. The number of phenols is 2. The minimum Gasteiger partial charge on any atom is -0.508 e. The minimum atomic E-state index is -0.568. The van der Waals surface area contributed by atoms with E-state index in [1.54, 1.807) is 43.3 Å². The number of likely N-dealkylation sites (tertiary alicyclic amines) is 1. The molecule has 304 valence electrons. The summed E-state index contributed by atoms with van der Waals surface area (Å²) in [6.07, 6.45) is 7.31. The highest BCUT2D eigenvalue weighted by molar-refractivity contribution is 9.10. The van der Waals surface area contributed by atoms with Gasteiger partial charge in [-0.15, -0.1) is 0 Å². The fourth-order valence-corrected chi connectivity index (χ4v) is 9.74. The molecule has 5 N–H and O–H groups in total. The van der Waals surface area contributed by atoms with E-state index in [1.807, 2.05) is 31.2 Å². The Morgan fingerprint density at radius 3 is 1.42 bits per heavy atom. The molecule has 8 atom stereocenters. The first-order chi connectivity index (χ1) is 27.3. The van der Waals surface area contributed by atoms with E-state index >= 15 is 0 Å². The summed E-state index contributed by atoms with van der Waals surface area (Å²) >= 11 is 3.18. The molecule has 8 nitrogen and oxygen atoms in total. The van der Waals surface area contributed by atoms with Gasteiger partial charge in [0.15, 0.2) is 11.6 Å². The van der Waals surface area contributed by atoms with Gasteiger partial charge in [0.1, 0.15) is 11.5 Å². The van der Waals surface area contributed by atoms with Crippen molar-refractivity contribution in [3.05, 3.63) is 131 Å². The number of phenolic OH excluding ortho intramolecular Hbond substituents is 2. The van der Waals surface area contributed by atoms with Gasteiger partial charge in [0.2, 0.25) is 0 Å². The SMILES string of the molecule is CC(Br)C(=O)c1ccc(O)cc1.CC(C(=O)c1ccc(O)cc1)N1C[C@@H]2CC(O)(CCc3ccccc3)C[C@@H]2C1.OC1(CCc2ccccc2)C[C@H]2CNC[C@H]2C1. The van der Waals surface area contributed by atoms with Crippen LogP contribution in [0.1, 0.15) is 84.2 Å². The molecule has 4 aromatic carbocycles. The standard InChI is InChI=1S/C24H29NO3.C15H21NO.C9H9BrO2/c1-17(23(27)19-7-9-22(26)10-8-19)25-15-20-13-24(28,14-21(20)16-25)12-11-18-5-3-2-4-6-18;17-15(7-6-12-4-2-1-3-5-12)8-13-10-16-11-14(13)9-15;1-6(10)9(12)7-2-4-8(11)5-3-7/h2-10,17,20-21,26,28H,11-16H2,1H3;1-5,13-14,16-17H,6-11H2;2-6,11H,1H3/t17?,20-,21+,24?;13-,14+,15?;. The van der Waals surface area contributed by atoms with E-state index in [9.17, 15) is 24.9 Å². The molecule has 4 aromatic rings. The second-order valence-electron chi connectivity index (χ2n) is 17.0. The lowest BCUT2D eigenvalue weighted by molar-refractivity contribution is 0.0254. The Labute approximate surface area is 346 Å². The summed E-state index contributed by atoms with van der Waals surface area (Å²) in [6, 6.07) is 33.4. The van der Waals surface area contributed by atoms with Crippen molar-refractivity contribution in [2.75, 3.05) is 26.2 Å². The number of nitrogens with zero attached hydrogens (tertiary/aromatic N) is 1. The highest BCUT2D eigenvalue weighted by atomic mass is 79.9. The number of fused-ring (bicyclic) bond motifs is 2. The van der Waals surface area contributed by atoms with Crippen LogP contribution in [0.3, 0.4) is 0 Å². The average Bonchev–Trinajstić information content (AvgIpc) is 3.97. The highest BCUT2D eigenvalue weighted by Crippen LogP contribution is 2.46. The predicted octanol–water partition coefficient (Wildman–Crippen LogP) is 8.01. The summed E-state index contributed by atoms with van der Waals surface area (Å²) in [4.78, 5) is 26.2. The van der Waals surface area contributed by atoms with Gasteiger partial charge in [0.25, 0.3) is 0 Å². The van der Waals surface area contributed by atoms with Crippen molar-refractivity contribution in [1.29, 1.82) is 0 Å². The Bertz CT molecular complexity index is 1860. The van der Waals surface area contributed by atoms with E-state index < -0.39 is 11.2 Å². The van der Waals surface area contributed by atoms with Crippen LogP contribution in [0.15, 0.2) is 109 Å². The molecule has 0 aromatic heterocycles. The lowest BCUT2D eigenvalue weighted by Crippen LogP contribution is -2.39. The van der Waals surface area contributed by atoms with Crippen molar-refractivity contribution in [1.82, 2.24) is 10.2 Å². The fraction of sp³-hybridized carbons (Fsp3) is 0.458. The molecule has 57 heavy (non-hydrogen) atoms. The van der Waals surface area contributed by atoms with Crippen LogP contribution < -0.4 is 5.32 Å². The first-order valence-electron chi connectivity index (χ1n) is 20.6. The van der Waals surface area contributed by atoms with E-state index in [1.165, 1.54) is 23.3 Å². The van der Waals surface area contributed by atoms with Gasteiger partial charge in [-0.05, 0) is 162 Å². The molecule has 4 aliphatic rings. The minimum absolute atomic E-state index is 0.0231. The van der Waals surface area contributed by atoms with Gasteiger partial charge in [-0.3, -0.25) is 14.5 Å². The quantitative estimate of drug-likeness (QED) is 0.0760. The molecule has 2 saturated carbocycles. The van der Waals surface area contributed by atoms with Crippen LogP contribution in [-0.2, 0) is 12.8 Å². The zero-order valence-electron chi connectivity index (χ0n) is 33.3. The number of aromatic hydroxyl groups is 2. The number of aliphatic hydroxyl groups is 2. The van der Waals surface area contributed by atoms with Crippen LogP contribution in [0.2, 0.25) is 0 Å². The summed E-state index contributed by atoms with van der Waals surface area (Å²) in [5.74, 6) is 2.84. The third-order valence-electron chi connectivity index (χ3n) is 12.7. The van der Waals surface area contributed by atoms with E-state index in [0.29, 0.717) is 23.0 Å². The van der Waals surface area contributed by atoms with Gasteiger partial charge >= 0.3 is 0 Å². The number of Topliss-reactive ketones (excluding diaryl/α,β-unsaturated/α-hetero) is 2. The number of hydrogen-bond donors (Lipinski definition) is 5. The molecule has 9 heteroatoms. The topological polar surface area (TPSA) is 130 Å². The Morgan fingerprint density at radius 2 is 1.02 bits per heavy atom. The largest absolute Gasteiger partial charge is 0.508 e. The van der Waals surface area contributed by atoms with E-state index in [4.69, 9.17) is 5.11 Å². The average molecular weight is 840 g/mol. The van der Waals surface area contributed by atoms with Crippen LogP contribution in [0.25, 0.3) is 0 Å². The number of halogens is 1. The van der Waals surface area contributed by atoms with Gasteiger partial charge in [-0.1, -0.05) is 76.6 Å². The zero-order valence-corrected chi connectivity index (χ0v) is 34.9. The Balaban J connectivity index is 0.000000160. The maximum absolute atomic E-state index is 12.8. The third kappa shape index (κ3) is 11.6. The van der Waals surface area contributed by atoms with E-state index in [-0.39, 0.29) is 33.9 Å². The summed E-state index contributed by atoms with van der Waals surface area (Å²) in [7, 11) is 0. The molecule has 4 fully saturated rings. The fourth-order valence-electron chi connectivity index (χ4n) is 9.48. The molecule has 2 heterocycles. The van der Waals surface area contributed by atoms with Crippen LogP contribution in [0.4, 0.5) is 0 Å². The molecule has 0 bridgehead atoms. The Kier molecular flexibility index (Phi) is 14.4. The summed E-state index contributed by atoms with van der Waals surface area (Å²) in [5.41, 5.74) is 2.91. The summed E-state index contributed by atoms with van der Waals surface area (Å²) in [5, 5.41) is 43.5. The molecular formula is C48H59BrN2O6. The first kappa shape index (κ1) is 42.7. The predicted molar refractivity (Wildman–Crippen MR) is 229 cm³/mol. The number of carbonyl (C=O) groups is 2. The number of carbonyl (C=O) groups excluding carboxylic acids is 2. The zero-order chi connectivity index (χ0) is 40.6. The van der Waals surface area contributed by atoms with Crippen molar-refractivity contribution in [2.24, 2.45) is 23.7 Å². The van der Waals surface area contributed by atoms with Crippen molar-refractivity contribution >= 4 is 27.5 Å². The number of rotatable bonds is 11. The second kappa shape index (κ2) is 19.3. The van der Waals surface area contributed by atoms with Gasteiger partial charge in [0.05, 0.1) is 22.1 Å². The van der Waals surface area contributed by atoms with E-state index in [2.05, 4.69) is 62.5 Å². The third-order valence-corrected chi connectivity index (χ3v) is 13.1. The van der Waals surface area contributed by atoms with Crippen molar-refractivity contribution in [2.45, 2.75) is 87.3 Å². The number of benzene rings is 4. The van der Waals surface area contributed by atoms with Gasteiger partial charge < -0.3 is 25.7 Å². The highest BCUT2D eigenvalue weighted by Gasteiger charge is 2.49. The second-order valence-corrected chi connectivity index (χ2v) is 18.4. The molecule has 4 unspecified atom stereocenters. The van der Waals surface area contributed by atoms with Crippen LogP contribution >= 0.6 is 15.9 Å². The molecule has 0 amide bonds. The molecule has 8 rings (SSSR count). The molecule has 2 saturated heterocycles. The lowest BCUT2D eigenvalue weighted by atomic mass is 9.91. The van der Waals surface area contributed by atoms with Crippen LogP contribution in [0.5, 0.6) is 11.5 Å². The van der Waals surface area contributed by atoms with Gasteiger partial charge in [-0.25, -0.2) is 0 Å². The summed E-state index contributed by atoms with van der Waals surface area (Å²) in [6.45, 7) is 7.72. The lowest BCUT2D eigenvalue weighted by Gasteiger charge is -2.28. The number of nitrogens with one attached hydrogen (secondary N) is 1. The van der Waals surface area contributed by atoms with Gasteiger partial charge in [-0.2, -0.15) is 0 Å². The molecule has 2 aliphatic heterocycles. The maximum atomic E-state index is 12.8. The van der Waals surface area contributed by atoms with Crippen LogP contribution in [-0.4, -0.2) is 85.1 Å². The van der Waals surface area contributed by atoms with Crippen molar-refractivity contribution in [3.8, 4) is 11.5 Å². The van der Waals surface area contributed by atoms with Crippen molar-refractivity contribution in [3.63, 3.8) is 0 Å². The molecular weight excluding hydrogens is 780 g/mol. The monoisotopic (exact) mass is 838 g/mol. The van der Waals surface area contributed by atoms with E-state index in [0.717, 1.165) is 89.4 Å². The molecule has 0 radical (unpaired) electrons. The number of hydrogen-bond acceptors (Lipinski definition) is 8.